The molecule has 0 atom stereocenters. The van der Waals surface area contributed by atoms with Crippen LogP contribution in [0.2, 0.25) is 5.02 Å². The molecular weight excluding hydrogens is 396 g/mol. The van der Waals surface area contributed by atoms with Crippen LogP contribution >= 0.6 is 23.4 Å². The van der Waals surface area contributed by atoms with Crippen molar-refractivity contribution in [2.75, 3.05) is 19.3 Å². The molecule has 1 amide bonds. The average Bonchev–Trinajstić information content (AvgIpc) is 3.19. The maximum absolute atomic E-state index is 12.4. The van der Waals surface area contributed by atoms with Crippen LogP contribution in [0.15, 0.2) is 52.2 Å². The van der Waals surface area contributed by atoms with E-state index in [0.29, 0.717) is 34.2 Å². The van der Waals surface area contributed by atoms with Crippen molar-refractivity contribution in [2.24, 2.45) is 5.92 Å². The lowest BCUT2D eigenvalue weighted by molar-refractivity contribution is -0.127. The van der Waals surface area contributed by atoms with E-state index in [0.717, 1.165) is 17.9 Å². The van der Waals surface area contributed by atoms with Crippen LogP contribution in [-0.4, -0.2) is 44.9 Å². The molecule has 0 unspecified atom stereocenters. The standard InChI is InChI=1S/C20H21ClN4O2S/c1-24(11-14-4-5-14)18(26)13-28-20-23-22-19(15-6-8-16(21)9-7-15)25(20)12-17-3-2-10-27-17/h2-3,6-10,14H,4-5,11-13H2,1H3. The fraction of sp³-hybridized carbons (Fsp3) is 0.350. The van der Waals surface area contributed by atoms with E-state index in [-0.39, 0.29) is 5.91 Å². The van der Waals surface area contributed by atoms with Gasteiger partial charge < -0.3 is 9.32 Å². The summed E-state index contributed by atoms with van der Waals surface area (Å²) >= 11 is 7.41. The second kappa shape index (κ2) is 8.41. The predicted molar refractivity (Wildman–Crippen MR) is 109 cm³/mol. The Labute approximate surface area is 172 Å². The number of aromatic nitrogens is 3. The third-order valence-corrected chi connectivity index (χ3v) is 5.90. The number of amides is 1. The molecule has 0 bridgehead atoms. The zero-order valence-corrected chi connectivity index (χ0v) is 17.1. The van der Waals surface area contributed by atoms with Gasteiger partial charge in [-0.3, -0.25) is 9.36 Å². The molecule has 28 heavy (non-hydrogen) atoms. The summed E-state index contributed by atoms with van der Waals surface area (Å²) in [6.07, 6.45) is 4.10. The van der Waals surface area contributed by atoms with Gasteiger partial charge in [-0.2, -0.15) is 0 Å². The summed E-state index contributed by atoms with van der Waals surface area (Å²) in [5, 5.41) is 10.0. The summed E-state index contributed by atoms with van der Waals surface area (Å²) in [5.41, 5.74) is 0.910. The molecule has 3 aromatic rings. The zero-order valence-electron chi connectivity index (χ0n) is 15.5. The van der Waals surface area contributed by atoms with E-state index in [9.17, 15) is 4.79 Å². The first kappa shape index (κ1) is 19.1. The Balaban J connectivity index is 1.53. The molecule has 0 saturated heterocycles. The number of carbonyl (C=O) groups excluding carboxylic acids is 1. The fourth-order valence-corrected chi connectivity index (χ4v) is 3.94. The van der Waals surface area contributed by atoms with Gasteiger partial charge in [0.05, 0.1) is 18.6 Å². The lowest BCUT2D eigenvalue weighted by Gasteiger charge is -2.16. The van der Waals surface area contributed by atoms with E-state index in [1.165, 1.54) is 24.6 Å². The SMILES string of the molecule is CN(CC1CC1)C(=O)CSc1nnc(-c2ccc(Cl)cc2)n1Cc1ccco1. The van der Waals surface area contributed by atoms with Crippen LogP contribution < -0.4 is 0 Å². The van der Waals surface area contributed by atoms with Crippen molar-refractivity contribution in [1.82, 2.24) is 19.7 Å². The molecule has 2 heterocycles. The third kappa shape index (κ3) is 4.59. The van der Waals surface area contributed by atoms with Gasteiger partial charge >= 0.3 is 0 Å². The Hall–Kier alpha value is -2.25. The Morgan fingerprint density at radius 2 is 2.07 bits per heavy atom. The third-order valence-electron chi connectivity index (χ3n) is 4.69. The summed E-state index contributed by atoms with van der Waals surface area (Å²) in [6, 6.07) is 11.2. The molecule has 8 heteroatoms. The highest BCUT2D eigenvalue weighted by Gasteiger charge is 2.25. The number of thioether (sulfide) groups is 1. The summed E-state index contributed by atoms with van der Waals surface area (Å²) < 4.78 is 7.48. The first-order valence-electron chi connectivity index (χ1n) is 9.18. The minimum atomic E-state index is 0.109. The summed E-state index contributed by atoms with van der Waals surface area (Å²) in [7, 11) is 1.87. The van der Waals surface area contributed by atoms with Gasteiger partial charge in [-0.1, -0.05) is 23.4 Å². The number of hydrogen-bond donors (Lipinski definition) is 0. The summed E-state index contributed by atoms with van der Waals surface area (Å²) in [6.45, 7) is 1.33. The molecule has 1 aliphatic rings. The number of furan rings is 1. The van der Waals surface area contributed by atoms with E-state index in [1.807, 2.05) is 52.9 Å². The second-order valence-corrected chi connectivity index (χ2v) is 8.36. The van der Waals surface area contributed by atoms with E-state index in [1.54, 1.807) is 6.26 Å². The van der Waals surface area contributed by atoms with Crippen LogP contribution in [0.3, 0.4) is 0 Å². The molecule has 0 radical (unpaired) electrons. The first-order chi connectivity index (χ1) is 13.6. The van der Waals surface area contributed by atoms with Gasteiger partial charge in [0.1, 0.15) is 5.76 Å². The van der Waals surface area contributed by atoms with Gasteiger partial charge in [0.2, 0.25) is 5.91 Å². The lowest BCUT2D eigenvalue weighted by Crippen LogP contribution is -2.30. The largest absolute Gasteiger partial charge is 0.467 e. The van der Waals surface area contributed by atoms with Crippen molar-refractivity contribution in [1.29, 1.82) is 0 Å². The number of rotatable bonds is 8. The maximum Gasteiger partial charge on any atom is 0.232 e. The second-order valence-electron chi connectivity index (χ2n) is 6.98. The highest BCUT2D eigenvalue weighted by molar-refractivity contribution is 7.99. The Bertz CT molecular complexity index is 936. The van der Waals surface area contributed by atoms with Gasteiger partial charge in [-0.25, -0.2) is 0 Å². The molecule has 1 aliphatic carbocycles. The lowest BCUT2D eigenvalue weighted by atomic mass is 10.2. The zero-order chi connectivity index (χ0) is 19.5. The number of nitrogens with zero attached hydrogens (tertiary/aromatic N) is 4. The molecule has 1 aromatic carbocycles. The Morgan fingerprint density at radius 3 is 2.75 bits per heavy atom. The molecular formula is C20H21ClN4O2S. The topological polar surface area (TPSA) is 64.2 Å². The molecule has 0 N–H and O–H groups in total. The van der Waals surface area contributed by atoms with Crippen LogP contribution in [0.5, 0.6) is 0 Å². The van der Waals surface area contributed by atoms with E-state index in [4.69, 9.17) is 16.0 Å². The molecule has 6 nitrogen and oxygen atoms in total. The van der Waals surface area contributed by atoms with Crippen LogP contribution in [0.1, 0.15) is 18.6 Å². The van der Waals surface area contributed by atoms with Gasteiger partial charge in [-0.15, -0.1) is 10.2 Å². The number of hydrogen-bond acceptors (Lipinski definition) is 5. The van der Waals surface area contributed by atoms with Crippen molar-refractivity contribution in [3.05, 3.63) is 53.4 Å². The summed E-state index contributed by atoms with van der Waals surface area (Å²) in [5.74, 6) is 2.64. The number of carbonyl (C=O) groups is 1. The average molecular weight is 417 g/mol. The van der Waals surface area contributed by atoms with Gasteiger partial charge in [0.15, 0.2) is 11.0 Å². The normalized spacial score (nSPS) is 13.6. The van der Waals surface area contributed by atoms with Crippen molar-refractivity contribution in [3.8, 4) is 11.4 Å². The van der Waals surface area contributed by atoms with Crippen molar-refractivity contribution >= 4 is 29.3 Å². The van der Waals surface area contributed by atoms with Crippen LogP contribution in [0.4, 0.5) is 0 Å². The number of halogens is 1. The molecule has 2 aromatic heterocycles. The Kier molecular flexibility index (Phi) is 5.73. The molecule has 0 spiro atoms. The highest BCUT2D eigenvalue weighted by atomic mass is 35.5. The van der Waals surface area contributed by atoms with Crippen LogP contribution in [0, 0.1) is 5.92 Å². The predicted octanol–water partition coefficient (Wildman–Crippen LogP) is 4.20. The highest BCUT2D eigenvalue weighted by Crippen LogP contribution is 2.30. The van der Waals surface area contributed by atoms with Crippen LogP contribution in [-0.2, 0) is 11.3 Å². The van der Waals surface area contributed by atoms with Gasteiger partial charge in [0.25, 0.3) is 0 Å². The first-order valence-corrected chi connectivity index (χ1v) is 10.5. The molecule has 146 valence electrons. The van der Waals surface area contributed by atoms with Crippen molar-refractivity contribution < 1.29 is 9.21 Å². The quantitative estimate of drug-likeness (QED) is 0.515. The minimum absolute atomic E-state index is 0.109. The molecule has 0 aliphatic heterocycles. The van der Waals surface area contributed by atoms with Gasteiger partial charge in [-0.05, 0) is 55.2 Å². The summed E-state index contributed by atoms with van der Waals surface area (Å²) in [4.78, 5) is 14.3. The van der Waals surface area contributed by atoms with Crippen LogP contribution in [0.25, 0.3) is 11.4 Å². The number of benzene rings is 1. The molecule has 4 rings (SSSR count). The minimum Gasteiger partial charge on any atom is -0.467 e. The van der Waals surface area contributed by atoms with E-state index >= 15 is 0 Å². The fourth-order valence-electron chi connectivity index (χ4n) is 2.93. The monoisotopic (exact) mass is 416 g/mol. The van der Waals surface area contributed by atoms with E-state index < -0.39 is 0 Å². The Morgan fingerprint density at radius 1 is 1.29 bits per heavy atom. The van der Waals surface area contributed by atoms with E-state index in [2.05, 4.69) is 10.2 Å². The van der Waals surface area contributed by atoms with Gasteiger partial charge in [0, 0.05) is 24.2 Å². The molecule has 1 fully saturated rings. The van der Waals surface area contributed by atoms with Crippen molar-refractivity contribution in [3.63, 3.8) is 0 Å². The van der Waals surface area contributed by atoms with Crippen molar-refractivity contribution in [2.45, 2.75) is 24.5 Å². The smallest absolute Gasteiger partial charge is 0.232 e. The molecule has 1 saturated carbocycles. The maximum atomic E-state index is 12.4.